The minimum atomic E-state index is 0.00283. The van der Waals surface area contributed by atoms with Gasteiger partial charge in [0.2, 0.25) is 0 Å². The number of carbonyl (C=O) groups is 1. The highest BCUT2D eigenvalue weighted by Gasteiger charge is 2.16. The van der Waals surface area contributed by atoms with Gasteiger partial charge in [0.15, 0.2) is 0 Å². The Bertz CT molecular complexity index is 558. The zero-order valence-corrected chi connectivity index (χ0v) is 11.6. The van der Waals surface area contributed by atoms with Gasteiger partial charge in [0.05, 0.1) is 5.69 Å². The zero-order chi connectivity index (χ0) is 13.8. The van der Waals surface area contributed by atoms with E-state index < -0.39 is 0 Å². The number of hydrogen-bond acceptors (Lipinski definition) is 2. The Labute approximate surface area is 113 Å². The Morgan fingerprint density at radius 1 is 1.21 bits per heavy atom. The predicted octanol–water partition coefficient (Wildman–Crippen LogP) is 2.34. The molecule has 0 aliphatic carbocycles. The number of amides is 1. The van der Waals surface area contributed by atoms with Crippen molar-refractivity contribution in [1.82, 2.24) is 9.47 Å². The number of nitrogens with zero attached hydrogens (tertiary/aromatic N) is 2. The van der Waals surface area contributed by atoms with Crippen molar-refractivity contribution >= 4 is 11.6 Å². The lowest BCUT2D eigenvalue weighted by molar-refractivity contribution is 0.0819. The summed E-state index contributed by atoms with van der Waals surface area (Å²) in [6.45, 7) is 0.707. The fourth-order valence-electron chi connectivity index (χ4n) is 1.94. The van der Waals surface area contributed by atoms with Gasteiger partial charge < -0.3 is 14.8 Å². The van der Waals surface area contributed by atoms with Gasteiger partial charge in [-0.2, -0.15) is 0 Å². The van der Waals surface area contributed by atoms with Gasteiger partial charge in [0.25, 0.3) is 5.91 Å². The first kappa shape index (κ1) is 13.2. The summed E-state index contributed by atoms with van der Waals surface area (Å²) in [7, 11) is 5.40. The van der Waals surface area contributed by atoms with Crippen LogP contribution in [0.15, 0.2) is 42.6 Å². The van der Waals surface area contributed by atoms with Crippen LogP contribution >= 0.6 is 0 Å². The highest BCUT2D eigenvalue weighted by atomic mass is 16.2. The van der Waals surface area contributed by atoms with Crippen molar-refractivity contribution in [3.8, 4) is 0 Å². The molecule has 1 aromatic heterocycles. The molecular weight excluding hydrogens is 238 g/mol. The average Bonchev–Trinajstić information content (AvgIpc) is 2.77. The minimum Gasteiger partial charge on any atom is -0.379 e. The number of benzene rings is 1. The van der Waals surface area contributed by atoms with Gasteiger partial charge >= 0.3 is 0 Å². The third kappa shape index (κ3) is 2.96. The molecule has 100 valence electrons. The van der Waals surface area contributed by atoms with Crippen LogP contribution in [0.25, 0.3) is 0 Å². The van der Waals surface area contributed by atoms with Crippen LogP contribution in [0.3, 0.4) is 0 Å². The Morgan fingerprint density at radius 3 is 2.53 bits per heavy atom. The summed E-state index contributed by atoms with van der Waals surface area (Å²) in [5, 5.41) is 3.32. The lowest BCUT2D eigenvalue weighted by atomic mass is 10.2. The third-order valence-corrected chi connectivity index (χ3v) is 3.01. The van der Waals surface area contributed by atoms with E-state index in [0.29, 0.717) is 12.2 Å². The summed E-state index contributed by atoms with van der Waals surface area (Å²) < 4.78 is 1.84. The van der Waals surface area contributed by atoms with Crippen LogP contribution < -0.4 is 5.32 Å². The Hall–Kier alpha value is -2.23. The molecule has 4 nitrogen and oxygen atoms in total. The largest absolute Gasteiger partial charge is 0.379 e. The topological polar surface area (TPSA) is 37.3 Å². The van der Waals surface area contributed by atoms with Crippen molar-refractivity contribution in [1.29, 1.82) is 0 Å². The Balaban J connectivity index is 2.15. The quantitative estimate of drug-likeness (QED) is 0.913. The van der Waals surface area contributed by atoms with Crippen LogP contribution in [0.1, 0.15) is 16.1 Å². The number of nitrogens with one attached hydrogen (secondary N) is 1. The highest BCUT2D eigenvalue weighted by Crippen LogP contribution is 2.18. The van der Waals surface area contributed by atoms with Crippen molar-refractivity contribution in [2.45, 2.75) is 6.54 Å². The molecule has 19 heavy (non-hydrogen) atoms. The van der Waals surface area contributed by atoms with Crippen molar-refractivity contribution in [2.75, 3.05) is 19.4 Å². The molecule has 0 bridgehead atoms. The summed E-state index contributed by atoms with van der Waals surface area (Å²) >= 11 is 0. The molecule has 0 atom stereocenters. The molecule has 0 fully saturated rings. The molecule has 1 aromatic carbocycles. The molecule has 0 aliphatic rings. The van der Waals surface area contributed by atoms with Crippen LogP contribution in [-0.4, -0.2) is 29.5 Å². The highest BCUT2D eigenvalue weighted by molar-refractivity contribution is 5.98. The van der Waals surface area contributed by atoms with E-state index in [9.17, 15) is 4.79 Å². The third-order valence-electron chi connectivity index (χ3n) is 3.01. The fraction of sp³-hybridized carbons (Fsp3) is 0.267. The molecule has 0 aliphatic heterocycles. The van der Waals surface area contributed by atoms with Gasteiger partial charge in [0, 0.05) is 33.9 Å². The van der Waals surface area contributed by atoms with Gasteiger partial charge in [-0.05, 0) is 11.6 Å². The van der Waals surface area contributed by atoms with E-state index in [-0.39, 0.29) is 5.91 Å². The number of aromatic nitrogens is 1. The van der Waals surface area contributed by atoms with Crippen LogP contribution in [0.2, 0.25) is 0 Å². The normalized spacial score (nSPS) is 10.3. The molecule has 0 spiro atoms. The summed E-state index contributed by atoms with van der Waals surface area (Å²) in [5.41, 5.74) is 2.74. The van der Waals surface area contributed by atoms with Crippen LogP contribution in [0, 0.1) is 0 Å². The van der Waals surface area contributed by atoms with E-state index in [1.165, 1.54) is 5.56 Å². The maximum atomic E-state index is 12.1. The maximum absolute atomic E-state index is 12.1. The zero-order valence-electron chi connectivity index (χ0n) is 11.6. The molecular formula is C15H19N3O. The summed E-state index contributed by atoms with van der Waals surface area (Å²) in [6.07, 6.45) is 1.89. The summed E-state index contributed by atoms with van der Waals surface area (Å²) in [4.78, 5) is 13.7. The molecule has 1 amide bonds. The lowest BCUT2D eigenvalue weighted by Gasteiger charge is -2.14. The Morgan fingerprint density at radius 2 is 1.89 bits per heavy atom. The molecule has 2 aromatic rings. The Kier molecular flexibility index (Phi) is 3.90. The van der Waals surface area contributed by atoms with Crippen molar-refractivity contribution in [3.05, 3.63) is 53.9 Å². The number of hydrogen-bond donors (Lipinski definition) is 1. The van der Waals surface area contributed by atoms with Gasteiger partial charge in [-0.15, -0.1) is 0 Å². The molecule has 0 saturated carbocycles. The fourth-order valence-corrected chi connectivity index (χ4v) is 1.94. The van der Waals surface area contributed by atoms with Crippen molar-refractivity contribution < 1.29 is 4.79 Å². The standard InChI is InChI=1S/C15H19N3O/c1-17(2)15(19)14-13(9-10-18(14)3)16-11-12-7-5-4-6-8-12/h4-10,16H,11H2,1-3H3. The second-order valence-corrected chi connectivity index (χ2v) is 4.73. The lowest BCUT2D eigenvalue weighted by Crippen LogP contribution is -2.25. The van der Waals surface area contributed by atoms with Gasteiger partial charge in [-0.1, -0.05) is 30.3 Å². The first-order chi connectivity index (χ1) is 9.09. The number of anilines is 1. The first-order valence-electron chi connectivity index (χ1n) is 6.24. The van der Waals surface area contributed by atoms with E-state index in [0.717, 1.165) is 5.69 Å². The second kappa shape index (κ2) is 5.61. The van der Waals surface area contributed by atoms with E-state index in [4.69, 9.17) is 0 Å². The predicted molar refractivity (Wildman–Crippen MR) is 77.2 cm³/mol. The monoisotopic (exact) mass is 257 g/mol. The average molecular weight is 257 g/mol. The second-order valence-electron chi connectivity index (χ2n) is 4.73. The van der Waals surface area contributed by atoms with E-state index in [1.54, 1.807) is 19.0 Å². The van der Waals surface area contributed by atoms with Crippen LogP contribution in [0.5, 0.6) is 0 Å². The number of carbonyl (C=O) groups excluding carboxylic acids is 1. The van der Waals surface area contributed by atoms with Crippen molar-refractivity contribution in [3.63, 3.8) is 0 Å². The van der Waals surface area contributed by atoms with Gasteiger partial charge in [0.1, 0.15) is 5.69 Å². The van der Waals surface area contributed by atoms with E-state index >= 15 is 0 Å². The molecule has 1 heterocycles. The molecule has 0 unspecified atom stereocenters. The molecule has 0 radical (unpaired) electrons. The molecule has 0 saturated heterocycles. The van der Waals surface area contributed by atoms with Gasteiger partial charge in [-0.25, -0.2) is 0 Å². The molecule has 2 rings (SSSR count). The van der Waals surface area contributed by atoms with Crippen LogP contribution in [0.4, 0.5) is 5.69 Å². The van der Waals surface area contributed by atoms with Gasteiger partial charge in [-0.3, -0.25) is 4.79 Å². The SMILES string of the molecule is CN(C)C(=O)c1c(NCc2ccccc2)ccn1C. The van der Waals surface area contributed by atoms with Crippen LogP contribution in [-0.2, 0) is 13.6 Å². The molecule has 4 heteroatoms. The van der Waals surface area contributed by atoms with E-state index in [1.807, 2.05) is 42.1 Å². The van der Waals surface area contributed by atoms with Crippen molar-refractivity contribution in [2.24, 2.45) is 7.05 Å². The number of aryl methyl sites for hydroxylation is 1. The smallest absolute Gasteiger partial charge is 0.272 e. The summed E-state index contributed by atoms with van der Waals surface area (Å²) in [6, 6.07) is 12.1. The van der Waals surface area contributed by atoms with E-state index in [2.05, 4.69) is 17.4 Å². The maximum Gasteiger partial charge on any atom is 0.272 e. The molecule has 1 N–H and O–H groups in total. The minimum absolute atomic E-state index is 0.00283. The first-order valence-corrected chi connectivity index (χ1v) is 6.24. The number of rotatable bonds is 4. The summed E-state index contributed by atoms with van der Waals surface area (Å²) in [5.74, 6) is 0.00283.